The molecule has 1 aliphatic rings. The van der Waals surface area contributed by atoms with Crippen LogP contribution in [0.2, 0.25) is 0 Å². The van der Waals surface area contributed by atoms with Gasteiger partial charge in [-0.2, -0.15) is 0 Å². The second-order valence-electron chi connectivity index (χ2n) is 7.16. The molecule has 27 heavy (non-hydrogen) atoms. The second-order valence-corrected chi connectivity index (χ2v) is 9.39. The van der Waals surface area contributed by atoms with Gasteiger partial charge < -0.3 is 14.7 Å². The van der Waals surface area contributed by atoms with Crippen molar-refractivity contribution >= 4 is 21.7 Å². The average molecular weight is 396 g/mol. The van der Waals surface area contributed by atoms with E-state index in [0.717, 1.165) is 5.56 Å². The molecule has 0 radical (unpaired) electrons. The van der Waals surface area contributed by atoms with Crippen LogP contribution < -0.4 is 0 Å². The fraction of sp³-hybridized carbons (Fsp3) is 0.579. The summed E-state index contributed by atoms with van der Waals surface area (Å²) in [5, 5.41) is 0. The third kappa shape index (κ3) is 6.04. The van der Waals surface area contributed by atoms with Crippen LogP contribution in [0.3, 0.4) is 0 Å². The molecule has 0 N–H and O–H groups in total. The van der Waals surface area contributed by atoms with Gasteiger partial charge in [-0.15, -0.1) is 0 Å². The molecular formula is C19H29N3O4S. The van der Waals surface area contributed by atoms with E-state index in [2.05, 4.69) is 0 Å². The summed E-state index contributed by atoms with van der Waals surface area (Å²) in [5.74, 6) is -1.19. The van der Waals surface area contributed by atoms with Crippen molar-refractivity contribution in [3.63, 3.8) is 0 Å². The van der Waals surface area contributed by atoms with Crippen LogP contribution in [0.15, 0.2) is 30.3 Å². The predicted octanol–water partition coefficient (Wildman–Crippen LogP) is 0.612. The predicted molar refractivity (Wildman–Crippen MR) is 105 cm³/mol. The number of nitrogens with zero attached hydrogens (tertiary/aromatic N) is 3. The van der Waals surface area contributed by atoms with Crippen LogP contribution in [0.1, 0.15) is 18.9 Å². The molecule has 1 aromatic rings. The van der Waals surface area contributed by atoms with Gasteiger partial charge in [0.1, 0.15) is 0 Å². The van der Waals surface area contributed by atoms with Gasteiger partial charge in [0.05, 0.1) is 11.5 Å². The zero-order valence-electron chi connectivity index (χ0n) is 16.3. The summed E-state index contributed by atoms with van der Waals surface area (Å²) in [6.45, 7) is 3.50. The van der Waals surface area contributed by atoms with Crippen molar-refractivity contribution in [2.24, 2.45) is 0 Å². The number of benzene rings is 1. The fourth-order valence-corrected chi connectivity index (χ4v) is 4.90. The van der Waals surface area contributed by atoms with E-state index in [9.17, 15) is 18.0 Å². The van der Waals surface area contributed by atoms with Crippen LogP contribution in [-0.2, 0) is 26.0 Å². The van der Waals surface area contributed by atoms with Crippen molar-refractivity contribution in [1.82, 2.24) is 14.7 Å². The maximum atomic E-state index is 13.0. The molecule has 150 valence electrons. The number of carbonyl (C=O) groups is 2. The Labute approximate surface area is 161 Å². The zero-order chi connectivity index (χ0) is 20.0. The number of sulfone groups is 1. The first-order valence-electron chi connectivity index (χ1n) is 9.22. The van der Waals surface area contributed by atoms with Crippen LogP contribution in [0.25, 0.3) is 0 Å². The van der Waals surface area contributed by atoms with Crippen LogP contribution in [0, 0.1) is 0 Å². The first-order valence-corrected chi connectivity index (χ1v) is 11.0. The van der Waals surface area contributed by atoms with Crippen LogP contribution in [0.4, 0.5) is 0 Å². The third-order valence-corrected chi connectivity index (χ3v) is 6.52. The summed E-state index contributed by atoms with van der Waals surface area (Å²) in [4.78, 5) is 30.7. The lowest BCUT2D eigenvalue weighted by molar-refractivity contribution is -0.153. The SMILES string of the molecule is CCN(Cc1ccccc1)C(=O)C(=O)N(CCN(C)C)C1CCS(=O)(=O)C1. The Hall–Kier alpha value is -1.93. The number of carbonyl (C=O) groups excluding carboxylic acids is 2. The van der Waals surface area contributed by atoms with E-state index in [1.54, 1.807) is 0 Å². The van der Waals surface area contributed by atoms with E-state index < -0.39 is 27.7 Å². The van der Waals surface area contributed by atoms with Crippen LogP contribution in [0.5, 0.6) is 0 Å². The van der Waals surface area contributed by atoms with Crippen LogP contribution >= 0.6 is 0 Å². The molecule has 1 heterocycles. The van der Waals surface area contributed by atoms with E-state index in [1.165, 1.54) is 9.80 Å². The highest BCUT2D eigenvalue weighted by Crippen LogP contribution is 2.19. The highest BCUT2D eigenvalue weighted by Gasteiger charge is 2.37. The molecule has 1 saturated heterocycles. The second kappa shape index (κ2) is 9.32. The molecule has 7 nitrogen and oxygen atoms in total. The molecule has 1 fully saturated rings. The van der Waals surface area contributed by atoms with E-state index in [4.69, 9.17) is 0 Å². The first kappa shape index (κ1) is 21.4. The Bertz CT molecular complexity index is 749. The molecule has 0 bridgehead atoms. The Morgan fingerprint density at radius 3 is 2.26 bits per heavy atom. The molecule has 2 rings (SSSR count). The monoisotopic (exact) mass is 395 g/mol. The van der Waals surface area contributed by atoms with Crippen LogP contribution in [-0.4, -0.2) is 86.2 Å². The molecule has 8 heteroatoms. The highest BCUT2D eigenvalue weighted by atomic mass is 32.2. The summed E-state index contributed by atoms with van der Waals surface area (Å²) < 4.78 is 23.7. The van der Waals surface area contributed by atoms with Gasteiger partial charge >= 0.3 is 11.8 Å². The molecule has 0 aromatic heterocycles. The maximum Gasteiger partial charge on any atom is 0.312 e. The third-order valence-electron chi connectivity index (χ3n) is 4.77. The van der Waals surface area contributed by atoms with Gasteiger partial charge in [0.15, 0.2) is 9.84 Å². The van der Waals surface area contributed by atoms with Gasteiger partial charge in [-0.05, 0) is 33.0 Å². The average Bonchev–Trinajstić information content (AvgIpc) is 2.99. The minimum absolute atomic E-state index is 0.0652. The van der Waals surface area contributed by atoms with Gasteiger partial charge in [-0.3, -0.25) is 9.59 Å². The van der Waals surface area contributed by atoms with Crippen molar-refractivity contribution in [2.75, 3.05) is 45.2 Å². The molecular weight excluding hydrogens is 366 g/mol. The van der Waals surface area contributed by atoms with E-state index >= 15 is 0 Å². The fourth-order valence-electron chi connectivity index (χ4n) is 3.17. The lowest BCUT2D eigenvalue weighted by atomic mass is 10.2. The topological polar surface area (TPSA) is 78.0 Å². The first-order chi connectivity index (χ1) is 12.7. The van der Waals surface area contributed by atoms with Gasteiger partial charge in [-0.1, -0.05) is 30.3 Å². The molecule has 1 unspecified atom stereocenters. The van der Waals surface area contributed by atoms with Gasteiger partial charge in [0.2, 0.25) is 0 Å². The maximum absolute atomic E-state index is 13.0. The zero-order valence-corrected chi connectivity index (χ0v) is 17.1. The van der Waals surface area contributed by atoms with Crippen molar-refractivity contribution in [1.29, 1.82) is 0 Å². The summed E-state index contributed by atoms with van der Waals surface area (Å²) in [6.07, 6.45) is 0.388. The normalized spacial score (nSPS) is 18.4. The quantitative estimate of drug-likeness (QED) is 0.632. The molecule has 1 aliphatic heterocycles. The molecule has 0 aliphatic carbocycles. The number of rotatable bonds is 7. The minimum Gasteiger partial charge on any atom is -0.330 e. The Morgan fingerprint density at radius 1 is 1.07 bits per heavy atom. The molecule has 0 spiro atoms. The van der Waals surface area contributed by atoms with E-state index in [0.29, 0.717) is 32.6 Å². The molecule has 1 aromatic carbocycles. The summed E-state index contributed by atoms with van der Waals surface area (Å²) in [6, 6.07) is 9.07. The number of likely N-dealkylation sites (N-methyl/N-ethyl adjacent to an activating group) is 2. The molecule has 1 atom stereocenters. The standard InChI is InChI=1S/C19H29N3O4S/c1-4-21(14-16-8-6-5-7-9-16)18(23)19(24)22(12-11-20(2)3)17-10-13-27(25,26)15-17/h5-9,17H,4,10-15H2,1-3H3. The summed E-state index contributed by atoms with van der Waals surface area (Å²) >= 11 is 0. The van der Waals surface area contributed by atoms with Gasteiger partial charge in [0.25, 0.3) is 0 Å². The van der Waals surface area contributed by atoms with E-state index in [1.807, 2.05) is 56.3 Å². The smallest absolute Gasteiger partial charge is 0.312 e. The molecule has 0 saturated carbocycles. The Morgan fingerprint density at radius 2 is 1.74 bits per heavy atom. The van der Waals surface area contributed by atoms with Gasteiger partial charge in [-0.25, -0.2) is 8.42 Å². The summed E-state index contributed by atoms with van der Waals surface area (Å²) in [5.41, 5.74) is 0.948. The number of amides is 2. The Kier molecular flexibility index (Phi) is 7.38. The number of hydrogen-bond donors (Lipinski definition) is 0. The number of hydrogen-bond acceptors (Lipinski definition) is 5. The Balaban J connectivity index is 2.15. The van der Waals surface area contributed by atoms with Crippen molar-refractivity contribution in [3.05, 3.63) is 35.9 Å². The van der Waals surface area contributed by atoms with Crippen molar-refractivity contribution in [2.45, 2.75) is 25.9 Å². The van der Waals surface area contributed by atoms with Crippen molar-refractivity contribution < 1.29 is 18.0 Å². The molecule has 2 amide bonds. The van der Waals surface area contributed by atoms with E-state index in [-0.39, 0.29) is 11.5 Å². The largest absolute Gasteiger partial charge is 0.330 e. The van der Waals surface area contributed by atoms with Crippen molar-refractivity contribution in [3.8, 4) is 0 Å². The van der Waals surface area contributed by atoms with Gasteiger partial charge in [0, 0.05) is 32.2 Å². The highest BCUT2D eigenvalue weighted by molar-refractivity contribution is 7.91. The summed E-state index contributed by atoms with van der Waals surface area (Å²) in [7, 11) is 0.612. The minimum atomic E-state index is -3.15. The lowest BCUT2D eigenvalue weighted by Crippen LogP contribution is -2.51. The lowest BCUT2D eigenvalue weighted by Gasteiger charge is -2.31.